The van der Waals surface area contributed by atoms with Gasteiger partial charge in [0.25, 0.3) is 11.5 Å². The highest BCUT2D eigenvalue weighted by Gasteiger charge is 2.38. The number of hydrogen-bond acceptors (Lipinski definition) is 7. The molecular weight excluding hydrogens is 655 g/mol. The normalized spacial score (nSPS) is 14.7. The molecule has 1 saturated heterocycles. The van der Waals surface area contributed by atoms with Crippen LogP contribution < -0.4 is 25.2 Å². The van der Waals surface area contributed by atoms with Crippen LogP contribution in [-0.2, 0) is 13.2 Å². The number of ether oxygens (including phenoxy) is 2. The maximum Gasteiger partial charge on any atom is 0.420 e. The van der Waals surface area contributed by atoms with Gasteiger partial charge in [-0.05, 0) is 56.2 Å². The zero-order chi connectivity index (χ0) is 35.1. The Morgan fingerprint density at radius 1 is 1.02 bits per heavy atom. The minimum atomic E-state index is -5.06. The molecular formula is C31H28F7N5O5. The number of nitrogens with one attached hydrogen (secondary N) is 1. The van der Waals surface area contributed by atoms with Gasteiger partial charge >= 0.3 is 12.8 Å². The fourth-order valence-electron chi connectivity index (χ4n) is 5.33. The van der Waals surface area contributed by atoms with Crippen LogP contribution in [0.1, 0.15) is 35.7 Å². The van der Waals surface area contributed by atoms with Crippen LogP contribution in [0.4, 0.5) is 42.2 Å². The summed E-state index contributed by atoms with van der Waals surface area (Å²) in [5, 5.41) is 12.6. The Morgan fingerprint density at radius 3 is 2.17 bits per heavy atom. The quantitative estimate of drug-likeness (QED) is 0.228. The molecule has 0 saturated carbocycles. The minimum Gasteiger partial charge on any atom is -0.497 e. The van der Waals surface area contributed by atoms with Gasteiger partial charge in [-0.2, -0.15) is 26.6 Å². The molecule has 0 unspecified atom stereocenters. The first kappa shape index (κ1) is 34.3. The molecule has 0 spiro atoms. The Bertz CT molecular complexity index is 1870. The number of amides is 1. The Labute approximate surface area is 267 Å². The van der Waals surface area contributed by atoms with Gasteiger partial charge in [0.1, 0.15) is 45.9 Å². The molecule has 1 aliphatic heterocycles. The SMILES string of the molecule is COc1cc(F)c(-c2c(NC(=O)c3ccc(OC(F)F)cc3)c(=O)n(-c3nc(N4CCC(C)(O)CC4)ccc3C(F)(F)F)n2C)c(F)c1. The number of aromatic nitrogens is 3. The van der Waals surface area contributed by atoms with Crippen molar-refractivity contribution in [2.24, 2.45) is 7.05 Å². The monoisotopic (exact) mass is 683 g/mol. The summed E-state index contributed by atoms with van der Waals surface area (Å²) in [6, 6.07) is 7.54. The van der Waals surface area contributed by atoms with E-state index >= 15 is 8.78 Å². The average molecular weight is 684 g/mol. The molecule has 1 fully saturated rings. The summed E-state index contributed by atoms with van der Waals surface area (Å²) < 4.78 is 110. The van der Waals surface area contributed by atoms with E-state index in [0.717, 1.165) is 61.3 Å². The van der Waals surface area contributed by atoms with Crippen molar-refractivity contribution in [3.8, 4) is 28.6 Å². The molecule has 2 aromatic carbocycles. The molecule has 1 amide bonds. The van der Waals surface area contributed by atoms with Crippen LogP contribution in [0.2, 0.25) is 0 Å². The number of benzene rings is 2. The van der Waals surface area contributed by atoms with Gasteiger partial charge in [0.05, 0.1) is 18.3 Å². The van der Waals surface area contributed by atoms with Crippen LogP contribution in [0.3, 0.4) is 0 Å². The van der Waals surface area contributed by atoms with E-state index in [1.807, 2.05) is 0 Å². The molecule has 17 heteroatoms. The van der Waals surface area contributed by atoms with Crippen molar-refractivity contribution in [1.82, 2.24) is 14.3 Å². The molecule has 0 atom stereocenters. The molecule has 256 valence electrons. The number of carbonyl (C=O) groups is 1. The first-order chi connectivity index (χ1) is 22.5. The molecule has 4 aromatic rings. The molecule has 0 bridgehead atoms. The molecule has 2 aromatic heterocycles. The summed E-state index contributed by atoms with van der Waals surface area (Å²) in [5.41, 5.74) is -6.26. The van der Waals surface area contributed by atoms with Gasteiger partial charge in [0.15, 0.2) is 5.82 Å². The number of piperidine rings is 1. The van der Waals surface area contributed by atoms with Crippen molar-refractivity contribution in [3.05, 3.63) is 81.6 Å². The Kier molecular flexibility index (Phi) is 9.18. The lowest BCUT2D eigenvalue weighted by Crippen LogP contribution is -2.43. The maximum atomic E-state index is 15.5. The number of methoxy groups -OCH3 is 1. The Morgan fingerprint density at radius 2 is 1.62 bits per heavy atom. The summed E-state index contributed by atoms with van der Waals surface area (Å²) >= 11 is 0. The minimum absolute atomic E-state index is 0.0293. The zero-order valence-electron chi connectivity index (χ0n) is 25.5. The van der Waals surface area contributed by atoms with E-state index < -0.39 is 69.8 Å². The number of alkyl halides is 5. The summed E-state index contributed by atoms with van der Waals surface area (Å²) in [6.07, 6.45) is -4.50. The van der Waals surface area contributed by atoms with Crippen LogP contribution in [0.25, 0.3) is 17.1 Å². The highest BCUT2D eigenvalue weighted by Crippen LogP contribution is 2.38. The molecule has 2 N–H and O–H groups in total. The number of rotatable bonds is 8. The second-order valence-electron chi connectivity index (χ2n) is 11.2. The lowest BCUT2D eigenvalue weighted by Gasteiger charge is -2.36. The van der Waals surface area contributed by atoms with Crippen molar-refractivity contribution >= 4 is 17.4 Å². The predicted octanol–water partition coefficient (Wildman–Crippen LogP) is 5.75. The van der Waals surface area contributed by atoms with E-state index in [4.69, 9.17) is 4.74 Å². The van der Waals surface area contributed by atoms with Gasteiger partial charge in [-0.1, -0.05) is 0 Å². The summed E-state index contributed by atoms with van der Waals surface area (Å²) in [5.74, 6) is -5.08. The van der Waals surface area contributed by atoms with Crippen molar-refractivity contribution < 1.29 is 50.1 Å². The van der Waals surface area contributed by atoms with Gasteiger partial charge < -0.3 is 24.8 Å². The molecule has 1 aliphatic rings. The number of anilines is 2. The van der Waals surface area contributed by atoms with Crippen LogP contribution >= 0.6 is 0 Å². The molecule has 48 heavy (non-hydrogen) atoms. The summed E-state index contributed by atoms with van der Waals surface area (Å²) in [4.78, 5) is 33.1. The first-order valence-corrected chi connectivity index (χ1v) is 14.3. The van der Waals surface area contributed by atoms with E-state index in [2.05, 4.69) is 15.0 Å². The largest absolute Gasteiger partial charge is 0.497 e. The van der Waals surface area contributed by atoms with Crippen LogP contribution in [0.5, 0.6) is 11.5 Å². The van der Waals surface area contributed by atoms with Crippen molar-refractivity contribution in [2.45, 2.75) is 38.2 Å². The van der Waals surface area contributed by atoms with E-state index in [9.17, 15) is 36.6 Å². The second-order valence-corrected chi connectivity index (χ2v) is 11.2. The second kappa shape index (κ2) is 12.9. The number of carbonyl (C=O) groups excluding carboxylic acids is 1. The third-order valence-corrected chi connectivity index (χ3v) is 7.87. The standard InChI is InChI=1S/C31H28F7N5O5/c1-30(46)10-12-42(13-11-30)22-9-8-19(31(36,37)38)26(39-22)43-28(45)24(40-27(44)16-4-6-17(7-5-16)48-29(34)35)25(41(43)2)23-20(32)14-18(47-3)15-21(23)33/h4-9,14-15,29,46H,10-13H2,1-3H3,(H,40,44). The van der Waals surface area contributed by atoms with Crippen LogP contribution in [-0.4, -0.2) is 57.8 Å². The van der Waals surface area contributed by atoms with Crippen LogP contribution in [0, 0.1) is 11.6 Å². The lowest BCUT2D eigenvalue weighted by molar-refractivity contribution is -0.137. The molecule has 3 heterocycles. The van der Waals surface area contributed by atoms with Gasteiger partial charge in [-0.3, -0.25) is 14.3 Å². The maximum absolute atomic E-state index is 15.5. The highest BCUT2D eigenvalue weighted by molar-refractivity contribution is 6.06. The fraction of sp³-hybridized carbons (Fsp3) is 0.323. The Hall–Kier alpha value is -5.06. The molecule has 5 rings (SSSR count). The average Bonchev–Trinajstić information content (AvgIpc) is 3.24. The van der Waals surface area contributed by atoms with Gasteiger partial charge in [-0.15, -0.1) is 0 Å². The third-order valence-electron chi connectivity index (χ3n) is 7.87. The van der Waals surface area contributed by atoms with E-state index in [1.165, 1.54) is 0 Å². The fourth-order valence-corrected chi connectivity index (χ4v) is 5.33. The van der Waals surface area contributed by atoms with E-state index in [0.29, 0.717) is 10.7 Å². The predicted molar refractivity (Wildman–Crippen MR) is 159 cm³/mol. The number of nitrogens with zero attached hydrogens (tertiary/aromatic N) is 4. The zero-order valence-corrected chi connectivity index (χ0v) is 25.5. The molecule has 0 radical (unpaired) electrons. The third kappa shape index (κ3) is 6.81. The van der Waals surface area contributed by atoms with E-state index in [1.54, 1.807) is 11.8 Å². The van der Waals surface area contributed by atoms with Crippen LogP contribution in [0.15, 0.2) is 53.3 Å². The number of aliphatic hydroxyl groups is 1. The molecule has 0 aliphatic carbocycles. The highest BCUT2D eigenvalue weighted by atomic mass is 19.4. The van der Waals surface area contributed by atoms with Crippen molar-refractivity contribution in [3.63, 3.8) is 0 Å². The lowest BCUT2D eigenvalue weighted by atomic mass is 9.94. The topological polar surface area (TPSA) is 111 Å². The summed E-state index contributed by atoms with van der Waals surface area (Å²) in [6.45, 7) is -1.08. The first-order valence-electron chi connectivity index (χ1n) is 14.3. The number of halogens is 7. The van der Waals surface area contributed by atoms with Crippen molar-refractivity contribution in [1.29, 1.82) is 0 Å². The van der Waals surface area contributed by atoms with Gasteiger partial charge in [-0.25, -0.2) is 13.8 Å². The Balaban J connectivity index is 1.71. The number of pyridine rings is 1. The number of hydrogen-bond donors (Lipinski definition) is 2. The van der Waals surface area contributed by atoms with Gasteiger partial charge in [0.2, 0.25) is 0 Å². The molecule has 10 nitrogen and oxygen atoms in total. The summed E-state index contributed by atoms with van der Waals surface area (Å²) in [7, 11) is 2.20. The van der Waals surface area contributed by atoms with E-state index in [-0.39, 0.29) is 48.8 Å². The smallest absolute Gasteiger partial charge is 0.420 e. The van der Waals surface area contributed by atoms with Crippen molar-refractivity contribution in [2.75, 3.05) is 30.4 Å². The van der Waals surface area contributed by atoms with Gasteiger partial charge in [0, 0.05) is 37.8 Å².